The van der Waals surface area contributed by atoms with Crippen molar-refractivity contribution in [3.8, 4) is 5.75 Å². The molecule has 2 N–H and O–H groups in total. The highest BCUT2D eigenvalue weighted by Crippen LogP contribution is 2.35. The van der Waals surface area contributed by atoms with E-state index in [-0.39, 0.29) is 22.4 Å². The summed E-state index contributed by atoms with van der Waals surface area (Å²) in [7, 11) is -3.24. The normalized spacial score (nSPS) is 23.6. The van der Waals surface area contributed by atoms with Crippen LogP contribution < -0.4 is 5.32 Å². The van der Waals surface area contributed by atoms with Crippen molar-refractivity contribution in [2.75, 3.05) is 11.1 Å². The van der Waals surface area contributed by atoms with E-state index in [2.05, 4.69) is 5.32 Å². The van der Waals surface area contributed by atoms with Crippen molar-refractivity contribution in [3.63, 3.8) is 0 Å². The van der Waals surface area contributed by atoms with Crippen LogP contribution in [0, 0.1) is 0 Å². The Bertz CT molecular complexity index is 467. The summed E-state index contributed by atoms with van der Waals surface area (Å²) in [6.45, 7) is 1.77. The highest BCUT2D eigenvalue weighted by atomic mass is 32.2. The number of hydrogen-bond donors (Lipinski definition) is 2. The fraction of sp³-hybridized carbons (Fsp3) is 0.333. The third-order valence-electron chi connectivity index (χ3n) is 2.20. The number of benzene rings is 1. The van der Waals surface area contributed by atoms with Gasteiger partial charge in [-0.05, 0) is 19.1 Å². The molecule has 0 saturated carbocycles. The lowest BCUT2D eigenvalue weighted by Gasteiger charge is -2.24. The molecule has 4 nitrogen and oxygen atoms in total. The number of rotatable bonds is 0. The van der Waals surface area contributed by atoms with E-state index >= 15 is 0 Å². The summed E-state index contributed by atoms with van der Waals surface area (Å²) in [5.41, 5.74) is 0.325. The van der Waals surface area contributed by atoms with Crippen molar-refractivity contribution in [3.05, 3.63) is 18.2 Å². The first-order chi connectivity index (χ1) is 6.50. The maximum atomic E-state index is 11.7. The van der Waals surface area contributed by atoms with Crippen LogP contribution in [0.15, 0.2) is 23.1 Å². The van der Waals surface area contributed by atoms with Crippen molar-refractivity contribution in [1.29, 1.82) is 0 Å². The van der Waals surface area contributed by atoms with Crippen molar-refractivity contribution < 1.29 is 13.5 Å². The topological polar surface area (TPSA) is 66.4 Å². The van der Waals surface area contributed by atoms with Gasteiger partial charge < -0.3 is 10.4 Å². The summed E-state index contributed by atoms with van der Waals surface area (Å²) >= 11 is 0. The minimum absolute atomic E-state index is 0.0161. The van der Waals surface area contributed by atoms with Gasteiger partial charge in [-0.15, -0.1) is 0 Å². The van der Waals surface area contributed by atoms with E-state index in [1.165, 1.54) is 18.2 Å². The van der Waals surface area contributed by atoms with Gasteiger partial charge in [-0.25, -0.2) is 8.42 Å². The van der Waals surface area contributed by atoms with E-state index in [1.54, 1.807) is 6.92 Å². The Hall–Kier alpha value is -1.23. The Labute approximate surface area is 82.5 Å². The molecule has 14 heavy (non-hydrogen) atoms. The average Bonchev–Trinajstić information content (AvgIpc) is 2.05. The Morgan fingerprint density at radius 2 is 2.21 bits per heavy atom. The summed E-state index contributed by atoms with van der Waals surface area (Å²) in [5.74, 6) is 0.0568. The van der Waals surface area contributed by atoms with E-state index in [1.807, 2.05) is 0 Å². The number of phenolic OH excluding ortho intramolecular Hbond substituents is 1. The van der Waals surface area contributed by atoms with E-state index in [0.29, 0.717) is 5.69 Å². The molecule has 1 atom stereocenters. The molecule has 5 heteroatoms. The van der Waals surface area contributed by atoms with Crippen LogP contribution in [0.2, 0.25) is 0 Å². The van der Waals surface area contributed by atoms with Crippen LogP contribution >= 0.6 is 0 Å². The molecule has 76 valence electrons. The lowest BCUT2D eigenvalue weighted by Crippen LogP contribution is -2.31. The van der Waals surface area contributed by atoms with Gasteiger partial charge in [-0.3, -0.25) is 0 Å². The maximum absolute atomic E-state index is 11.7. The lowest BCUT2D eigenvalue weighted by molar-refractivity contribution is 0.474. The van der Waals surface area contributed by atoms with E-state index in [4.69, 9.17) is 0 Å². The van der Waals surface area contributed by atoms with Gasteiger partial charge in [0.2, 0.25) is 0 Å². The number of sulfone groups is 1. The molecule has 0 spiro atoms. The number of fused-ring (bicyclic) bond motifs is 1. The van der Waals surface area contributed by atoms with Gasteiger partial charge in [0.05, 0.1) is 16.3 Å². The van der Waals surface area contributed by atoms with Crippen LogP contribution in [0.1, 0.15) is 6.92 Å². The highest BCUT2D eigenvalue weighted by molar-refractivity contribution is 7.91. The Balaban J connectivity index is 2.69. The van der Waals surface area contributed by atoms with Gasteiger partial charge >= 0.3 is 0 Å². The Morgan fingerprint density at radius 1 is 1.50 bits per heavy atom. The summed E-state index contributed by atoms with van der Waals surface area (Å²) in [6, 6.07) is 4.34. The monoisotopic (exact) mass is 213 g/mol. The molecule has 0 amide bonds. The van der Waals surface area contributed by atoms with Crippen molar-refractivity contribution >= 4 is 15.5 Å². The minimum Gasteiger partial charge on any atom is -0.506 e. The number of aromatic hydroxyl groups is 1. The second-order valence-electron chi connectivity index (χ2n) is 3.48. The maximum Gasteiger partial charge on any atom is 0.182 e. The molecule has 0 aromatic heterocycles. The average molecular weight is 213 g/mol. The zero-order valence-corrected chi connectivity index (χ0v) is 8.50. The first-order valence-corrected chi connectivity index (χ1v) is 5.97. The largest absolute Gasteiger partial charge is 0.506 e. The summed E-state index contributed by atoms with van der Waals surface area (Å²) in [6.07, 6.45) is 0. The van der Waals surface area contributed by atoms with Crippen LogP contribution in [-0.2, 0) is 9.84 Å². The van der Waals surface area contributed by atoms with Crippen LogP contribution in [0.25, 0.3) is 0 Å². The molecule has 1 unspecified atom stereocenters. The Kier molecular flexibility index (Phi) is 1.92. The Morgan fingerprint density at radius 3 is 2.93 bits per heavy atom. The van der Waals surface area contributed by atoms with Crippen molar-refractivity contribution in [2.24, 2.45) is 0 Å². The summed E-state index contributed by atoms with van der Waals surface area (Å²) in [4.78, 5) is 0.190. The first kappa shape index (κ1) is 9.33. The van der Waals surface area contributed by atoms with Gasteiger partial charge in [0.1, 0.15) is 5.75 Å². The molecule has 0 bridgehead atoms. The van der Waals surface area contributed by atoms with E-state index < -0.39 is 9.84 Å². The van der Waals surface area contributed by atoms with Crippen LogP contribution in [0.4, 0.5) is 5.69 Å². The summed E-state index contributed by atoms with van der Waals surface area (Å²) in [5, 5.41) is 12.4. The molecule has 2 rings (SSSR count). The van der Waals surface area contributed by atoms with Gasteiger partial charge in [0.15, 0.2) is 9.84 Å². The zero-order valence-electron chi connectivity index (χ0n) is 7.69. The molecule has 1 heterocycles. The lowest BCUT2D eigenvalue weighted by atomic mass is 10.2. The number of nitrogens with one attached hydrogen (secondary N) is 1. The van der Waals surface area contributed by atoms with Gasteiger partial charge in [0.25, 0.3) is 0 Å². The molecule has 0 radical (unpaired) electrons. The first-order valence-electron chi connectivity index (χ1n) is 4.32. The predicted octanol–water partition coefficient (Wildman–Crippen LogP) is 0.980. The molecule has 1 aromatic carbocycles. The molecule has 0 saturated heterocycles. The molecule has 1 aromatic rings. The molecular formula is C9H11NO3S. The van der Waals surface area contributed by atoms with Gasteiger partial charge in [0, 0.05) is 6.04 Å². The number of anilines is 1. The van der Waals surface area contributed by atoms with Crippen molar-refractivity contribution in [2.45, 2.75) is 17.9 Å². The van der Waals surface area contributed by atoms with Gasteiger partial charge in [-0.2, -0.15) is 0 Å². The molecule has 0 aliphatic carbocycles. The van der Waals surface area contributed by atoms with Crippen molar-refractivity contribution in [1.82, 2.24) is 0 Å². The van der Waals surface area contributed by atoms with Gasteiger partial charge in [-0.1, -0.05) is 6.07 Å². The minimum atomic E-state index is -3.24. The second kappa shape index (κ2) is 2.88. The highest BCUT2D eigenvalue weighted by Gasteiger charge is 2.29. The second-order valence-corrected chi connectivity index (χ2v) is 5.48. The van der Waals surface area contributed by atoms with Crippen LogP contribution in [-0.4, -0.2) is 25.3 Å². The number of hydrogen-bond acceptors (Lipinski definition) is 4. The third-order valence-corrected chi connectivity index (χ3v) is 4.15. The fourth-order valence-electron chi connectivity index (χ4n) is 1.63. The number of para-hydroxylation sites is 1. The smallest absolute Gasteiger partial charge is 0.182 e. The standard InChI is InChI=1S/C9H11NO3S/c1-6-5-14(12,13)8-4-2-3-7(11)9(8)10-6/h2-4,6,10-11H,5H2,1H3. The molecule has 1 aliphatic rings. The number of phenols is 1. The predicted molar refractivity (Wildman–Crippen MR) is 53.2 cm³/mol. The summed E-state index contributed by atoms with van der Waals surface area (Å²) < 4.78 is 23.4. The SMILES string of the molecule is CC1CS(=O)(=O)c2cccc(O)c2N1. The van der Waals surface area contributed by atoms with Crippen LogP contribution in [0.3, 0.4) is 0 Å². The zero-order chi connectivity index (χ0) is 10.3. The molecular weight excluding hydrogens is 202 g/mol. The van der Waals surface area contributed by atoms with E-state index in [0.717, 1.165) is 0 Å². The molecule has 0 fully saturated rings. The fourth-order valence-corrected chi connectivity index (χ4v) is 3.31. The van der Waals surface area contributed by atoms with E-state index in [9.17, 15) is 13.5 Å². The third kappa shape index (κ3) is 1.33. The van der Waals surface area contributed by atoms with Crippen LogP contribution in [0.5, 0.6) is 5.75 Å². The molecule has 1 aliphatic heterocycles. The quantitative estimate of drug-likeness (QED) is 0.630.